The number of imidazole rings is 1. The normalized spacial score (nSPS) is 11.2. The van der Waals surface area contributed by atoms with E-state index in [2.05, 4.69) is 31.3 Å². The minimum Gasteiger partial charge on any atom is -0.444 e. The standard InChI is InChI=1S/C17H14BrN5O2/c1-10-9-15(20-16(24)13-7-8-14(18)25-13)23(21-10)17-19-11-5-3-4-6-12(11)22(17)2/h3-9H,1-2H3,(H,20,24). The van der Waals surface area contributed by atoms with Gasteiger partial charge in [0.25, 0.3) is 5.91 Å². The quantitative estimate of drug-likeness (QED) is 0.569. The van der Waals surface area contributed by atoms with Crippen molar-refractivity contribution in [1.29, 1.82) is 0 Å². The molecule has 0 fully saturated rings. The van der Waals surface area contributed by atoms with Crippen LogP contribution in [-0.2, 0) is 7.05 Å². The van der Waals surface area contributed by atoms with E-state index in [1.807, 2.05) is 42.8 Å². The van der Waals surface area contributed by atoms with Crippen LogP contribution in [0.5, 0.6) is 0 Å². The summed E-state index contributed by atoms with van der Waals surface area (Å²) in [7, 11) is 1.91. The van der Waals surface area contributed by atoms with Crippen LogP contribution in [0.1, 0.15) is 16.2 Å². The number of hydrogen-bond acceptors (Lipinski definition) is 4. The third kappa shape index (κ3) is 2.74. The van der Waals surface area contributed by atoms with Crippen molar-refractivity contribution in [3.63, 3.8) is 0 Å². The number of carbonyl (C=O) groups is 1. The Morgan fingerprint density at radius 2 is 2.04 bits per heavy atom. The van der Waals surface area contributed by atoms with Crippen molar-refractivity contribution in [3.8, 4) is 5.95 Å². The lowest BCUT2D eigenvalue weighted by molar-refractivity contribution is 0.0994. The van der Waals surface area contributed by atoms with Crippen LogP contribution in [-0.4, -0.2) is 25.2 Å². The molecule has 25 heavy (non-hydrogen) atoms. The number of rotatable bonds is 3. The highest BCUT2D eigenvalue weighted by Crippen LogP contribution is 2.22. The van der Waals surface area contributed by atoms with Crippen LogP contribution in [0, 0.1) is 6.92 Å². The molecular weight excluding hydrogens is 386 g/mol. The maximum Gasteiger partial charge on any atom is 0.292 e. The fraction of sp³-hybridized carbons (Fsp3) is 0.118. The number of aromatic nitrogens is 4. The molecule has 0 bridgehead atoms. The van der Waals surface area contributed by atoms with Gasteiger partial charge in [0, 0.05) is 13.1 Å². The van der Waals surface area contributed by atoms with Crippen molar-refractivity contribution in [1.82, 2.24) is 19.3 Å². The number of carbonyl (C=O) groups excluding carboxylic acids is 1. The van der Waals surface area contributed by atoms with Gasteiger partial charge in [0.2, 0.25) is 5.95 Å². The molecule has 0 aliphatic heterocycles. The van der Waals surface area contributed by atoms with E-state index < -0.39 is 0 Å². The Labute approximate surface area is 151 Å². The molecule has 0 saturated carbocycles. The SMILES string of the molecule is Cc1cc(NC(=O)c2ccc(Br)o2)n(-c2nc3ccccc3n2C)n1. The zero-order valence-corrected chi connectivity index (χ0v) is 15.1. The van der Waals surface area contributed by atoms with E-state index in [1.165, 1.54) is 0 Å². The molecule has 0 aliphatic carbocycles. The van der Waals surface area contributed by atoms with Crippen molar-refractivity contribution in [2.24, 2.45) is 7.05 Å². The van der Waals surface area contributed by atoms with Crippen LogP contribution in [0.15, 0.2) is 51.6 Å². The zero-order valence-electron chi connectivity index (χ0n) is 13.5. The molecule has 0 saturated heterocycles. The number of nitrogens with zero attached hydrogens (tertiary/aromatic N) is 4. The summed E-state index contributed by atoms with van der Waals surface area (Å²) in [5.74, 6) is 0.992. The Balaban J connectivity index is 1.76. The molecule has 8 heteroatoms. The summed E-state index contributed by atoms with van der Waals surface area (Å²) in [6, 6.07) is 12.9. The van der Waals surface area contributed by atoms with Crippen LogP contribution in [0.4, 0.5) is 5.82 Å². The molecule has 0 aliphatic rings. The van der Waals surface area contributed by atoms with Crippen LogP contribution in [0.3, 0.4) is 0 Å². The van der Waals surface area contributed by atoms with E-state index in [1.54, 1.807) is 22.9 Å². The number of furan rings is 1. The number of nitrogens with one attached hydrogen (secondary N) is 1. The average Bonchev–Trinajstić information content (AvgIpc) is 3.26. The summed E-state index contributed by atoms with van der Waals surface area (Å²) >= 11 is 3.19. The molecule has 1 amide bonds. The minimum atomic E-state index is -0.356. The minimum absolute atomic E-state index is 0.210. The van der Waals surface area contributed by atoms with E-state index in [-0.39, 0.29) is 11.7 Å². The number of benzene rings is 1. The summed E-state index contributed by atoms with van der Waals surface area (Å²) in [5, 5.41) is 7.29. The van der Waals surface area contributed by atoms with Crippen molar-refractivity contribution < 1.29 is 9.21 Å². The first-order valence-electron chi connectivity index (χ1n) is 7.58. The molecule has 7 nitrogen and oxygen atoms in total. The molecule has 0 spiro atoms. The topological polar surface area (TPSA) is 77.9 Å². The first kappa shape index (κ1) is 15.6. The lowest BCUT2D eigenvalue weighted by Gasteiger charge is -2.07. The third-order valence-electron chi connectivity index (χ3n) is 3.82. The Kier molecular flexibility index (Phi) is 3.69. The number of halogens is 1. The molecule has 0 atom stereocenters. The van der Waals surface area contributed by atoms with E-state index in [0.29, 0.717) is 16.4 Å². The maximum atomic E-state index is 12.4. The number of amides is 1. The monoisotopic (exact) mass is 399 g/mol. The molecule has 4 aromatic rings. The summed E-state index contributed by atoms with van der Waals surface area (Å²) in [4.78, 5) is 17.0. The van der Waals surface area contributed by atoms with Gasteiger partial charge in [-0.3, -0.25) is 4.79 Å². The van der Waals surface area contributed by atoms with Gasteiger partial charge in [-0.1, -0.05) is 12.1 Å². The van der Waals surface area contributed by atoms with Crippen molar-refractivity contribution in [2.45, 2.75) is 6.92 Å². The predicted octanol–water partition coefficient (Wildman–Crippen LogP) is 3.68. The van der Waals surface area contributed by atoms with Gasteiger partial charge in [-0.05, 0) is 47.1 Å². The summed E-state index contributed by atoms with van der Waals surface area (Å²) in [6.07, 6.45) is 0. The fourth-order valence-electron chi connectivity index (χ4n) is 2.68. The summed E-state index contributed by atoms with van der Waals surface area (Å²) < 4.78 is 9.34. The summed E-state index contributed by atoms with van der Waals surface area (Å²) in [5.41, 5.74) is 2.61. The number of anilines is 1. The number of hydrogen-bond donors (Lipinski definition) is 1. The van der Waals surface area contributed by atoms with Gasteiger partial charge in [0.15, 0.2) is 10.4 Å². The van der Waals surface area contributed by atoms with Crippen LogP contribution < -0.4 is 5.32 Å². The highest BCUT2D eigenvalue weighted by molar-refractivity contribution is 9.10. The maximum absolute atomic E-state index is 12.4. The molecule has 126 valence electrons. The van der Waals surface area contributed by atoms with Crippen molar-refractivity contribution in [2.75, 3.05) is 5.32 Å². The molecule has 0 unspecified atom stereocenters. The largest absolute Gasteiger partial charge is 0.444 e. The van der Waals surface area contributed by atoms with Crippen LogP contribution in [0.2, 0.25) is 0 Å². The van der Waals surface area contributed by atoms with Gasteiger partial charge in [-0.2, -0.15) is 9.78 Å². The van der Waals surface area contributed by atoms with E-state index in [4.69, 9.17) is 4.42 Å². The van der Waals surface area contributed by atoms with E-state index in [0.717, 1.165) is 16.7 Å². The Hall–Kier alpha value is -2.87. The fourth-order valence-corrected chi connectivity index (χ4v) is 2.98. The second kappa shape index (κ2) is 5.89. The first-order valence-corrected chi connectivity index (χ1v) is 8.37. The molecule has 0 radical (unpaired) electrons. The lowest BCUT2D eigenvalue weighted by Crippen LogP contribution is -2.16. The van der Waals surface area contributed by atoms with E-state index in [9.17, 15) is 4.79 Å². The Morgan fingerprint density at radius 3 is 2.76 bits per heavy atom. The first-order chi connectivity index (χ1) is 12.0. The Bertz CT molecular complexity index is 1090. The van der Waals surface area contributed by atoms with Gasteiger partial charge in [-0.25, -0.2) is 4.98 Å². The molecular formula is C17H14BrN5O2. The highest BCUT2D eigenvalue weighted by Gasteiger charge is 2.18. The molecule has 3 aromatic heterocycles. The molecule has 4 rings (SSSR count). The highest BCUT2D eigenvalue weighted by atomic mass is 79.9. The van der Waals surface area contributed by atoms with Gasteiger partial charge >= 0.3 is 0 Å². The molecule has 3 heterocycles. The van der Waals surface area contributed by atoms with Crippen LogP contribution >= 0.6 is 15.9 Å². The predicted molar refractivity (Wildman–Crippen MR) is 96.9 cm³/mol. The summed E-state index contributed by atoms with van der Waals surface area (Å²) in [6.45, 7) is 1.86. The van der Waals surface area contributed by atoms with Crippen LogP contribution in [0.25, 0.3) is 17.0 Å². The van der Waals surface area contributed by atoms with Gasteiger partial charge in [-0.15, -0.1) is 0 Å². The zero-order chi connectivity index (χ0) is 17.6. The number of fused-ring (bicyclic) bond motifs is 1. The second-order valence-electron chi connectivity index (χ2n) is 5.60. The molecule has 1 aromatic carbocycles. The smallest absolute Gasteiger partial charge is 0.292 e. The Morgan fingerprint density at radius 1 is 1.24 bits per heavy atom. The molecule has 1 N–H and O–H groups in total. The lowest BCUT2D eigenvalue weighted by atomic mass is 10.3. The van der Waals surface area contributed by atoms with Gasteiger partial charge in [0.1, 0.15) is 5.82 Å². The number of para-hydroxylation sites is 2. The average molecular weight is 400 g/mol. The third-order valence-corrected chi connectivity index (χ3v) is 4.25. The van der Waals surface area contributed by atoms with E-state index >= 15 is 0 Å². The van der Waals surface area contributed by atoms with Crippen molar-refractivity contribution in [3.05, 3.63) is 58.6 Å². The number of aryl methyl sites for hydroxylation is 2. The second-order valence-corrected chi connectivity index (χ2v) is 6.38. The van der Waals surface area contributed by atoms with Gasteiger partial charge in [0.05, 0.1) is 16.7 Å². The van der Waals surface area contributed by atoms with Crippen molar-refractivity contribution >= 4 is 38.7 Å². The van der Waals surface area contributed by atoms with Gasteiger partial charge < -0.3 is 14.3 Å².